The van der Waals surface area contributed by atoms with Crippen molar-refractivity contribution in [1.82, 2.24) is 14.8 Å². The van der Waals surface area contributed by atoms with Gasteiger partial charge in [0.05, 0.1) is 5.57 Å². The maximum absolute atomic E-state index is 13.5. The lowest BCUT2D eigenvalue weighted by Crippen LogP contribution is -2.31. The Labute approximate surface area is 208 Å². The number of anilines is 2. The van der Waals surface area contributed by atoms with E-state index in [1.54, 1.807) is 4.68 Å². The Balaban J connectivity index is 1.41. The topological polar surface area (TPSA) is 81.1 Å². The first-order valence-corrected chi connectivity index (χ1v) is 11.6. The minimum absolute atomic E-state index is 0.196. The molecule has 176 valence electrons. The van der Waals surface area contributed by atoms with E-state index in [9.17, 15) is 4.79 Å². The second kappa shape index (κ2) is 9.64. The van der Waals surface area contributed by atoms with Crippen LogP contribution in [0.25, 0.3) is 0 Å². The number of ether oxygens (including phenoxy) is 1. The number of fused-ring (bicyclic) bond motifs is 1. The fourth-order valence-corrected chi connectivity index (χ4v) is 4.22. The first kappa shape index (κ1) is 22.7. The number of para-hydroxylation sites is 1. The van der Waals surface area contributed by atoms with E-state index in [-0.39, 0.29) is 5.91 Å². The van der Waals surface area contributed by atoms with Crippen molar-refractivity contribution >= 4 is 29.1 Å². The van der Waals surface area contributed by atoms with Crippen LogP contribution in [0.5, 0.6) is 5.75 Å². The first-order chi connectivity index (χ1) is 17.0. The van der Waals surface area contributed by atoms with Crippen molar-refractivity contribution in [3.05, 3.63) is 112 Å². The van der Waals surface area contributed by atoms with Gasteiger partial charge in [0.25, 0.3) is 5.91 Å². The molecule has 1 aliphatic rings. The molecule has 0 aliphatic carbocycles. The highest BCUT2D eigenvalue weighted by molar-refractivity contribution is 6.30. The zero-order valence-electron chi connectivity index (χ0n) is 19.3. The number of hydrogen-bond donors (Lipinski definition) is 2. The van der Waals surface area contributed by atoms with Gasteiger partial charge in [-0.05, 0) is 60.9 Å². The normalized spacial score (nSPS) is 14.8. The van der Waals surface area contributed by atoms with Gasteiger partial charge in [-0.15, -0.1) is 0 Å². The van der Waals surface area contributed by atoms with Crippen LogP contribution in [0.1, 0.15) is 29.7 Å². The quantitative estimate of drug-likeness (QED) is 0.363. The van der Waals surface area contributed by atoms with Gasteiger partial charge in [0, 0.05) is 16.4 Å². The molecule has 0 spiro atoms. The maximum atomic E-state index is 13.5. The number of carbonyl (C=O) groups is 1. The van der Waals surface area contributed by atoms with Crippen LogP contribution in [0.3, 0.4) is 0 Å². The molecular formula is C27H24ClN5O2. The van der Waals surface area contributed by atoms with E-state index < -0.39 is 6.04 Å². The number of hydrogen-bond acceptors (Lipinski definition) is 5. The monoisotopic (exact) mass is 485 g/mol. The third-order valence-corrected chi connectivity index (χ3v) is 6.20. The van der Waals surface area contributed by atoms with Crippen LogP contribution in [0, 0.1) is 6.92 Å². The van der Waals surface area contributed by atoms with Crippen LogP contribution in [0.4, 0.5) is 11.6 Å². The lowest BCUT2D eigenvalue weighted by molar-refractivity contribution is -0.113. The van der Waals surface area contributed by atoms with E-state index in [4.69, 9.17) is 16.3 Å². The van der Waals surface area contributed by atoms with E-state index >= 15 is 0 Å². The predicted molar refractivity (Wildman–Crippen MR) is 137 cm³/mol. The molecule has 0 saturated carbocycles. The smallest absolute Gasteiger partial charge is 0.255 e. The van der Waals surface area contributed by atoms with Gasteiger partial charge < -0.3 is 15.4 Å². The summed E-state index contributed by atoms with van der Waals surface area (Å²) in [5.41, 5.74) is 4.98. The molecule has 7 nitrogen and oxygen atoms in total. The largest absolute Gasteiger partial charge is 0.489 e. The van der Waals surface area contributed by atoms with Gasteiger partial charge in [-0.1, -0.05) is 54.1 Å². The van der Waals surface area contributed by atoms with Crippen LogP contribution in [-0.2, 0) is 11.4 Å². The summed E-state index contributed by atoms with van der Waals surface area (Å²) in [6.07, 6.45) is 1.48. The molecule has 5 rings (SSSR count). The van der Waals surface area contributed by atoms with Gasteiger partial charge in [-0.3, -0.25) is 4.79 Å². The van der Waals surface area contributed by atoms with E-state index in [0.717, 1.165) is 33.8 Å². The summed E-state index contributed by atoms with van der Waals surface area (Å²) in [7, 11) is 0. The minimum Gasteiger partial charge on any atom is -0.489 e. The number of nitrogens with one attached hydrogen (secondary N) is 2. The van der Waals surface area contributed by atoms with E-state index in [1.165, 1.54) is 6.33 Å². The van der Waals surface area contributed by atoms with Crippen LogP contribution >= 0.6 is 11.6 Å². The summed E-state index contributed by atoms with van der Waals surface area (Å²) in [6.45, 7) is 4.27. The molecule has 1 atom stereocenters. The number of nitrogens with zero attached hydrogens (tertiary/aromatic N) is 3. The summed E-state index contributed by atoms with van der Waals surface area (Å²) < 4.78 is 7.66. The summed E-state index contributed by atoms with van der Waals surface area (Å²) in [6, 6.07) is 22.5. The Morgan fingerprint density at radius 2 is 1.80 bits per heavy atom. The summed E-state index contributed by atoms with van der Waals surface area (Å²) in [4.78, 5) is 17.8. The molecule has 4 aromatic rings. The van der Waals surface area contributed by atoms with Gasteiger partial charge in [0.1, 0.15) is 24.7 Å². The average Bonchev–Trinajstić information content (AvgIpc) is 3.32. The number of benzene rings is 3. The van der Waals surface area contributed by atoms with Gasteiger partial charge in [-0.25, -0.2) is 4.68 Å². The van der Waals surface area contributed by atoms with Crippen molar-refractivity contribution in [1.29, 1.82) is 0 Å². The maximum Gasteiger partial charge on any atom is 0.255 e. The zero-order valence-corrected chi connectivity index (χ0v) is 20.1. The van der Waals surface area contributed by atoms with Crippen LogP contribution in [0.15, 0.2) is 90.4 Å². The number of halogens is 1. The standard InChI is InChI=1S/C27H24ClN5O2/c1-17-5-3-4-6-23(17)32-26(34)24-18(2)31-27-29-16-30-33(27)25(24)20-9-13-22(14-10-20)35-15-19-7-11-21(28)12-8-19/h3-14,16,25H,15H2,1-2H3,(H,32,34)(H,29,30,31)/t25-/m0/s1. The van der Waals surface area contributed by atoms with E-state index in [1.807, 2.05) is 86.6 Å². The third kappa shape index (κ3) is 4.76. The van der Waals surface area contributed by atoms with Crippen molar-refractivity contribution in [2.75, 3.05) is 10.6 Å². The van der Waals surface area contributed by atoms with E-state index in [2.05, 4.69) is 20.7 Å². The molecule has 8 heteroatoms. The van der Waals surface area contributed by atoms with Crippen LogP contribution < -0.4 is 15.4 Å². The summed E-state index contributed by atoms with van der Waals surface area (Å²) in [5, 5.41) is 11.3. The zero-order chi connectivity index (χ0) is 24.4. The molecule has 1 aromatic heterocycles. The van der Waals surface area contributed by atoms with Gasteiger partial charge in [0.2, 0.25) is 5.95 Å². The Morgan fingerprint density at radius 3 is 2.54 bits per heavy atom. The Kier molecular flexibility index (Phi) is 6.25. The highest BCUT2D eigenvalue weighted by Gasteiger charge is 2.33. The number of aryl methyl sites for hydroxylation is 1. The number of amides is 1. The number of allylic oxidation sites excluding steroid dienone is 1. The van der Waals surface area contributed by atoms with Gasteiger partial charge in [-0.2, -0.15) is 10.1 Å². The van der Waals surface area contributed by atoms with Crippen molar-refractivity contribution in [2.45, 2.75) is 26.5 Å². The number of carbonyl (C=O) groups excluding carboxylic acids is 1. The molecule has 0 bridgehead atoms. The second-order valence-electron chi connectivity index (χ2n) is 8.35. The average molecular weight is 486 g/mol. The van der Waals surface area contributed by atoms with Crippen molar-refractivity contribution in [2.24, 2.45) is 0 Å². The third-order valence-electron chi connectivity index (χ3n) is 5.95. The fraction of sp³-hybridized carbons (Fsp3) is 0.148. The van der Waals surface area contributed by atoms with Crippen molar-refractivity contribution < 1.29 is 9.53 Å². The highest BCUT2D eigenvalue weighted by atomic mass is 35.5. The van der Waals surface area contributed by atoms with Gasteiger partial charge >= 0.3 is 0 Å². The minimum atomic E-state index is -0.442. The molecule has 35 heavy (non-hydrogen) atoms. The molecular weight excluding hydrogens is 462 g/mol. The van der Waals surface area contributed by atoms with Crippen LogP contribution in [0.2, 0.25) is 5.02 Å². The fourth-order valence-electron chi connectivity index (χ4n) is 4.09. The molecule has 2 heterocycles. The molecule has 0 unspecified atom stereocenters. The molecule has 2 N–H and O–H groups in total. The first-order valence-electron chi connectivity index (χ1n) is 11.2. The van der Waals surface area contributed by atoms with Crippen LogP contribution in [-0.4, -0.2) is 20.7 Å². The molecule has 1 aliphatic heterocycles. The Hall–Kier alpha value is -4.10. The second-order valence-corrected chi connectivity index (χ2v) is 8.78. The molecule has 3 aromatic carbocycles. The molecule has 1 amide bonds. The lowest BCUT2D eigenvalue weighted by Gasteiger charge is -2.29. The van der Waals surface area contributed by atoms with Crippen molar-refractivity contribution in [3.8, 4) is 5.75 Å². The van der Waals surface area contributed by atoms with Crippen molar-refractivity contribution in [3.63, 3.8) is 0 Å². The Morgan fingerprint density at radius 1 is 1.06 bits per heavy atom. The number of rotatable bonds is 6. The molecule has 0 saturated heterocycles. The summed E-state index contributed by atoms with van der Waals surface area (Å²) >= 11 is 5.96. The van der Waals surface area contributed by atoms with Gasteiger partial charge in [0.15, 0.2) is 0 Å². The summed E-state index contributed by atoms with van der Waals surface area (Å²) in [5.74, 6) is 1.12. The SMILES string of the molecule is CC1=C(C(=O)Nc2ccccc2C)[C@H](c2ccc(OCc3ccc(Cl)cc3)cc2)n2ncnc2N1. The number of aromatic nitrogens is 3. The molecule has 0 radical (unpaired) electrons. The lowest BCUT2D eigenvalue weighted by atomic mass is 9.95. The van der Waals surface area contributed by atoms with E-state index in [0.29, 0.717) is 23.2 Å². The highest BCUT2D eigenvalue weighted by Crippen LogP contribution is 2.36. The Bertz CT molecular complexity index is 1390. The predicted octanol–water partition coefficient (Wildman–Crippen LogP) is 5.75. The molecule has 0 fully saturated rings.